The van der Waals surface area contributed by atoms with Crippen molar-refractivity contribution in [1.29, 1.82) is 0 Å². The summed E-state index contributed by atoms with van der Waals surface area (Å²) < 4.78 is 13.0. The molecule has 2 rings (SSSR count). The van der Waals surface area contributed by atoms with Gasteiger partial charge in [0.25, 0.3) is 0 Å². The molecule has 0 amide bonds. The average molecular weight is 230 g/mol. The van der Waals surface area contributed by atoms with Gasteiger partial charge in [-0.3, -0.25) is 4.98 Å². The Bertz CT molecular complexity index is 471. The first-order valence-corrected chi connectivity index (χ1v) is 5.63. The van der Waals surface area contributed by atoms with Gasteiger partial charge in [0.15, 0.2) is 0 Å². The van der Waals surface area contributed by atoms with Crippen LogP contribution in [-0.4, -0.2) is 4.98 Å². The number of nitrogens with zero attached hydrogens (tertiary/aromatic N) is 1. The van der Waals surface area contributed by atoms with Crippen LogP contribution in [0.2, 0.25) is 0 Å². The lowest BCUT2D eigenvalue weighted by Gasteiger charge is -2.13. The maximum absolute atomic E-state index is 13.0. The molecule has 2 nitrogen and oxygen atoms in total. The lowest BCUT2D eigenvalue weighted by molar-refractivity contribution is 0.568. The van der Waals surface area contributed by atoms with Crippen LogP contribution in [0.15, 0.2) is 48.8 Å². The SMILES string of the molecule is C[C@H](NCc1cccc(F)c1)c1cccnc1. The summed E-state index contributed by atoms with van der Waals surface area (Å²) in [7, 11) is 0. The molecule has 1 atom stereocenters. The second-order valence-corrected chi connectivity index (χ2v) is 4.02. The first-order chi connectivity index (χ1) is 8.25. The smallest absolute Gasteiger partial charge is 0.123 e. The Kier molecular flexibility index (Phi) is 3.83. The summed E-state index contributed by atoms with van der Waals surface area (Å²) in [6.07, 6.45) is 3.59. The Labute approximate surface area is 101 Å². The van der Waals surface area contributed by atoms with Crippen molar-refractivity contribution in [2.45, 2.75) is 19.5 Å². The summed E-state index contributed by atoms with van der Waals surface area (Å²) in [6, 6.07) is 10.8. The van der Waals surface area contributed by atoms with E-state index in [0.29, 0.717) is 6.54 Å². The van der Waals surface area contributed by atoms with Gasteiger partial charge < -0.3 is 5.32 Å². The number of pyridine rings is 1. The molecule has 1 heterocycles. The first-order valence-electron chi connectivity index (χ1n) is 5.63. The van der Waals surface area contributed by atoms with Gasteiger partial charge in [-0.2, -0.15) is 0 Å². The van der Waals surface area contributed by atoms with Crippen molar-refractivity contribution in [2.75, 3.05) is 0 Å². The van der Waals surface area contributed by atoms with Crippen LogP contribution in [0.25, 0.3) is 0 Å². The van der Waals surface area contributed by atoms with E-state index in [1.54, 1.807) is 18.3 Å². The van der Waals surface area contributed by atoms with Crippen molar-refractivity contribution in [3.8, 4) is 0 Å². The summed E-state index contributed by atoms with van der Waals surface area (Å²) >= 11 is 0. The molecule has 88 valence electrons. The summed E-state index contributed by atoms with van der Waals surface area (Å²) in [5.74, 6) is -0.196. The monoisotopic (exact) mass is 230 g/mol. The highest BCUT2D eigenvalue weighted by atomic mass is 19.1. The van der Waals surface area contributed by atoms with E-state index in [0.717, 1.165) is 11.1 Å². The largest absolute Gasteiger partial charge is 0.306 e. The molecule has 1 aromatic heterocycles. The maximum Gasteiger partial charge on any atom is 0.123 e. The van der Waals surface area contributed by atoms with Gasteiger partial charge in [-0.15, -0.1) is 0 Å². The number of nitrogens with one attached hydrogen (secondary N) is 1. The van der Waals surface area contributed by atoms with Crippen molar-refractivity contribution in [3.05, 3.63) is 65.7 Å². The van der Waals surface area contributed by atoms with Crippen LogP contribution >= 0.6 is 0 Å². The Morgan fingerprint density at radius 2 is 2.18 bits per heavy atom. The second-order valence-electron chi connectivity index (χ2n) is 4.02. The highest BCUT2D eigenvalue weighted by Gasteiger charge is 2.04. The van der Waals surface area contributed by atoms with E-state index in [9.17, 15) is 4.39 Å². The second kappa shape index (κ2) is 5.55. The molecule has 0 bridgehead atoms. The minimum Gasteiger partial charge on any atom is -0.306 e. The molecule has 0 aliphatic rings. The van der Waals surface area contributed by atoms with E-state index in [-0.39, 0.29) is 11.9 Å². The summed E-state index contributed by atoms with van der Waals surface area (Å²) in [5, 5.41) is 3.34. The van der Waals surface area contributed by atoms with Crippen LogP contribution in [0, 0.1) is 5.82 Å². The van der Waals surface area contributed by atoms with E-state index in [1.807, 2.05) is 24.4 Å². The van der Waals surface area contributed by atoms with Gasteiger partial charge in [0.05, 0.1) is 0 Å². The fourth-order valence-electron chi connectivity index (χ4n) is 1.67. The lowest BCUT2D eigenvalue weighted by Crippen LogP contribution is -2.18. The van der Waals surface area contributed by atoms with Gasteiger partial charge >= 0.3 is 0 Å². The van der Waals surface area contributed by atoms with Gasteiger partial charge in [0.1, 0.15) is 5.82 Å². The third kappa shape index (κ3) is 3.36. The molecular formula is C14H15FN2. The molecular weight excluding hydrogens is 215 g/mol. The fourth-order valence-corrected chi connectivity index (χ4v) is 1.67. The van der Waals surface area contributed by atoms with Gasteiger partial charge in [-0.1, -0.05) is 18.2 Å². The van der Waals surface area contributed by atoms with E-state index in [2.05, 4.69) is 17.2 Å². The van der Waals surface area contributed by atoms with E-state index in [1.165, 1.54) is 6.07 Å². The zero-order valence-corrected chi connectivity index (χ0v) is 9.73. The van der Waals surface area contributed by atoms with E-state index < -0.39 is 0 Å². The minimum absolute atomic E-state index is 0.196. The minimum atomic E-state index is -0.196. The number of aromatic nitrogens is 1. The Morgan fingerprint density at radius 1 is 1.29 bits per heavy atom. The molecule has 0 unspecified atom stereocenters. The number of rotatable bonds is 4. The molecule has 0 spiro atoms. The molecule has 0 saturated carbocycles. The number of halogens is 1. The molecule has 0 fully saturated rings. The van der Waals surface area contributed by atoms with Crippen molar-refractivity contribution < 1.29 is 4.39 Å². The van der Waals surface area contributed by atoms with E-state index in [4.69, 9.17) is 0 Å². The molecule has 0 aliphatic heterocycles. The third-order valence-corrected chi connectivity index (χ3v) is 2.69. The summed E-state index contributed by atoms with van der Waals surface area (Å²) in [4.78, 5) is 4.07. The molecule has 0 radical (unpaired) electrons. The van der Waals surface area contributed by atoms with Crippen molar-refractivity contribution >= 4 is 0 Å². The number of hydrogen-bond acceptors (Lipinski definition) is 2. The van der Waals surface area contributed by atoms with E-state index >= 15 is 0 Å². The fraction of sp³-hybridized carbons (Fsp3) is 0.214. The average Bonchev–Trinajstić information content (AvgIpc) is 2.37. The maximum atomic E-state index is 13.0. The summed E-state index contributed by atoms with van der Waals surface area (Å²) in [5.41, 5.74) is 2.07. The van der Waals surface area contributed by atoms with Crippen molar-refractivity contribution in [1.82, 2.24) is 10.3 Å². The molecule has 0 saturated heterocycles. The molecule has 1 aromatic carbocycles. The van der Waals surface area contributed by atoms with Crippen molar-refractivity contribution in [2.24, 2.45) is 0 Å². The van der Waals surface area contributed by atoms with Gasteiger partial charge in [0, 0.05) is 25.0 Å². The lowest BCUT2D eigenvalue weighted by atomic mass is 10.1. The van der Waals surface area contributed by atoms with Gasteiger partial charge in [-0.25, -0.2) is 4.39 Å². The molecule has 3 heteroatoms. The van der Waals surface area contributed by atoms with Crippen LogP contribution in [-0.2, 0) is 6.54 Å². The predicted molar refractivity (Wildman–Crippen MR) is 65.9 cm³/mol. The molecule has 17 heavy (non-hydrogen) atoms. The molecule has 1 N–H and O–H groups in total. The topological polar surface area (TPSA) is 24.9 Å². The highest BCUT2D eigenvalue weighted by Crippen LogP contribution is 2.11. The third-order valence-electron chi connectivity index (χ3n) is 2.69. The number of hydrogen-bond donors (Lipinski definition) is 1. The van der Waals surface area contributed by atoms with Crippen LogP contribution < -0.4 is 5.32 Å². The zero-order chi connectivity index (χ0) is 12.1. The van der Waals surface area contributed by atoms with Crippen LogP contribution in [0.4, 0.5) is 4.39 Å². The highest BCUT2D eigenvalue weighted by molar-refractivity contribution is 5.17. The standard InChI is InChI=1S/C14H15FN2/c1-11(13-5-3-7-16-10-13)17-9-12-4-2-6-14(15)8-12/h2-8,10-11,17H,9H2,1H3/t11-/m0/s1. The van der Waals surface area contributed by atoms with Gasteiger partial charge in [-0.05, 0) is 36.2 Å². The Hall–Kier alpha value is -1.74. The van der Waals surface area contributed by atoms with Crippen LogP contribution in [0.3, 0.4) is 0 Å². The Balaban J connectivity index is 1.95. The van der Waals surface area contributed by atoms with Crippen molar-refractivity contribution in [3.63, 3.8) is 0 Å². The first kappa shape index (κ1) is 11.7. The molecule has 2 aromatic rings. The molecule has 0 aliphatic carbocycles. The normalized spacial score (nSPS) is 12.4. The predicted octanol–water partition coefficient (Wildman–Crippen LogP) is 3.07. The Morgan fingerprint density at radius 3 is 2.88 bits per heavy atom. The van der Waals surface area contributed by atoms with Crippen LogP contribution in [0.5, 0.6) is 0 Å². The number of benzene rings is 1. The summed E-state index contributed by atoms with van der Waals surface area (Å²) in [6.45, 7) is 2.71. The zero-order valence-electron chi connectivity index (χ0n) is 9.73. The van der Waals surface area contributed by atoms with Crippen LogP contribution in [0.1, 0.15) is 24.1 Å². The quantitative estimate of drug-likeness (QED) is 0.873. The van der Waals surface area contributed by atoms with Gasteiger partial charge in [0.2, 0.25) is 0 Å².